The first-order valence-electron chi connectivity index (χ1n) is 11.7. The van der Waals surface area contributed by atoms with E-state index in [1.165, 1.54) is 0 Å². The number of fused-ring (bicyclic) bond motifs is 2. The van der Waals surface area contributed by atoms with Gasteiger partial charge in [-0.1, -0.05) is 63.6 Å². The number of nitrogens with zero attached hydrogens (tertiary/aromatic N) is 2. The number of hydrogen-bond acceptors (Lipinski definition) is 2. The number of carbonyl (C=O) groups excluding carboxylic acids is 2. The van der Waals surface area contributed by atoms with Gasteiger partial charge in [0.15, 0.2) is 0 Å². The van der Waals surface area contributed by atoms with Gasteiger partial charge >= 0.3 is 0 Å². The predicted octanol–water partition coefficient (Wildman–Crippen LogP) is 4.97. The highest BCUT2D eigenvalue weighted by atomic mass is 16.2. The summed E-state index contributed by atoms with van der Waals surface area (Å²) >= 11 is 0. The van der Waals surface area contributed by atoms with E-state index in [4.69, 9.17) is 0 Å². The van der Waals surface area contributed by atoms with E-state index < -0.39 is 6.04 Å². The highest BCUT2D eigenvalue weighted by molar-refractivity contribution is 6.03. The highest BCUT2D eigenvalue weighted by Crippen LogP contribution is 2.45. The molecule has 3 unspecified atom stereocenters. The third-order valence-corrected chi connectivity index (χ3v) is 7.02. The molecule has 0 saturated carbocycles. The Kier molecular flexibility index (Phi) is 6.09. The number of carbonyl (C=O) groups is 2. The molecule has 0 radical (unpaired) electrons. The molecule has 1 aliphatic rings. The van der Waals surface area contributed by atoms with Gasteiger partial charge in [0.1, 0.15) is 6.04 Å². The SMILES string of the molecule is CCCNC(=O)C(C(C)CC)N1C(=O)c2ccccc2C1c1c(C)n(C)c2ccccc12. The van der Waals surface area contributed by atoms with Crippen molar-refractivity contribution in [3.05, 3.63) is 70.9 Å². The van der Waals surface area contributed by atoms with E-state index in [2.05, 4.69) is 49.8 Å². The van der Waals surface area contributed by atoms with Gasteiger partial charge in [-0.2, -0.15) is 0 Å². The third-order valence-electron chi connectivity index (χ3n) is 7.02. The summed E-state index contributed by atoms with van der Waals surface area (Å²) in [5, 5.41) is 4.19. The van der Waals surface area contributed by atoms with E-state index in [0.29, 0.717) is 12.1 Å². The summed E-state index contributed by atoms with van der Waals surface area (Å²) in [5.74, 6) is -0.0944. The van der Waals surface area contributed by atoms with Crippen LogP contribution in [-0.2, 0) is 11.8 Å². The number of rotatable bonds is 7. The van der Waals surface area contributed by atoms with E-state index in [-0.39, 0.29) is 23.8 Å². The van der Waals surface area contributed by atoms with Crippen LogP contribution in [0.15, 0.2) is 48.5 Å². The first kappa shape index (κ1) is 22.1. The van der Waals surface area contributed by atoms with Gasteiger partial charge in [-0.05, 0) is 37.0 Å². The Morgan fingerprint density at radius 2 is 1.78 bits per heavy atom. The van der Waals surface area contributed by atoms with E-state index in [9.17, 15) is 9.59 Å². The number of nitrogens with one attached hydrogen (secondary N) is 1. The predicted molar refractivity (Wildman–Crippen MR) is 129 cm³/mol. The van der Waals surface area contributed by atoms with Gasteiger partial charge in [0.2, 0.25) is 5.91 Å². The lowest BCUT2D eigenvalue weighted by molar-refractivity contribution is -0.127. The Bertz CT molecular complexity index is 1160. The minimum absolute atomic E-state index is 0.0305. The summed E-state index contributed by atoms with van der Waals surface area (Å²) in [7, 11) is 2.06. The zero-order valence-corrected chi connectivity index (χ0v) is 19.7. The first-order chi connectivity index (χ1) is 15.4. The maximum atomic E-state index is 13.8. The van der Waals surface area contributed by atoms with Gasteiger partial charge in [-0.3, -0.25) is 9.59 Å². The minimum atomic E-state index is -0.533. The number of amides is 2. The van der Waals surface area contributed by atoms with Crippen molar-refractivity contribution in [1.29, 1.82) is 0 Å². The fourth-order valence-corrected chi connectivity index (χ4v) is 5.05. The molecule has 4 rings (SSSR count). The lowest BCUT2D eigenvalue weighted by atomic mass is 9.91. The molecule has 168 valence electrons. The summed E-state index contributed by atoms with van der Waals surface area (Å²) in [6, 6.07) is 15.3. The molecular weight excluding hydrogens is 398 g/mol. The molecule has 32 heavy (non-hydrogen) atoms. The fraction of sp³-hybridized carbons (Fsp3) is 0.407. The second kappa shape index (κ2) is 8.81. The van der Waals surface area contributed by atoms with Gasteiger partial charge in [0.25, 0.3) is 5.91 Å². The van der Waals surface area contributed by atoms with Crippen LogP contribution in [0, 0.1) is 12.8 Å². The van der Waals surface area contributed by atoms with Gasteiger partial charge < -0.3 is 14.8 Å². The van der Waals surface area contributed by atoms with Crippen LogP contribution >= 0.6 is 0 Å². The Labute approximate surface area is 190 Å². The molecule has 5 heteroatoms. The Morgan fingerprint density at radius 3 is 2.50 bits per heavy atom. The van der Waals surface area contributed by atoms with Gasteiger partial charge in [0.05, 0.1) is 6.04 Å². The molecule has 3 atom stereocenters. The molecule has 2 amide bonds. The average Bonchev–Trinajstić information content (AvgIpc) is 3.23. The second-order valence-electron chi connectivity index (χ2n) is 8.90. The molecule has 0 bridgehead atoms. The zero-order valence-electron chi connectivity index (χ0n) is 19.7. The second-order valence-corrected chi connectivity index (χ2v) is 8.90. The van der Waals surface area contributed by atoms with Crippen LogP contribution in [0.1, 0.15) is 66.8 Å². The third kappa shape index (κ3) is 3.40. The maximum absolute atomic E-state index is 13.8. The molecule has 0 fully saturated rings. The summed E-state index contributed by atoms with van der Waals surface area (Å²) < 4.78 is 2.18. The van der Waals surface area contributed by atoms with E-state index in [1.54, 1.807) is 0 Å². The molecule has 3 aromatic rings. The largest absolute Gasteiger partial charge is 0.354 e. The van der Waals surface area contributed by atoms with Crippen molar-refractivity contribution in [2.45, 2.75) is 52.6 Å². The smallest absolute Gasteiger partial charge is 0.255 e. The first-order valence-corrected chi connectivity index (χ1v) is 11.7. The Balaban J connectivity index is 1.95. The number of hydrogen-bond donors (Lipinski definition) is 1. The molecule has 2 heterocycles. The van der Waals surface area contributed by atoms with Gasteiger partial charge in [-0.15, -0.1) is 0 Å². The molecular formula is C27H33N3O2. The lowest BCUT2D eigenvalue weighted by Crippen LogP contribution is -2.52. The Hall–Kier alpha value is -3.08. The molecule has 0 saturated heterocycles. The monoisotopic (exact) mass is 431 g/mol. The van der Waals surface area contributed by atoms with Crippen LogP contribution in [0.3, 0.4) is 0 Å². The standard InChI is InChI=1S/C27H33N3O2/c1-6-16-28-26(31)24(17(3)7-2)30-25(19-12-8-9-13-20(19)27(30)32)23-18(4)29(5)22-15-11-10-14-21(22)23/h8-15,17,24-25H,6-7,16H2,1-5H3,(H,28,31). The highest BCUT2D eigenvalue weighted by Gasteiger charge is 2.46. The van der Waals surface area contributed by atoms with Gasteiger partial charge in [0, 0.05) is 41.3 Å². The number of aryl methyl sites for hydroxylation is 1. The maximum Gasteiger partial charge on any atom is 0.255 e. The number of aromatic nitrogens is 1. The van der Waals surface area contributed by atoms with E-state index in [1.807, 2.05) is 48.2 Å². The molecule has 2 aromatic carbocycles. The van der Waals surface area contributed by atoms with E-state index in [0.717, 1.165) is 40.6 Å². The minimum Gasteiger partial charge on any atom is -0.354 e. The van der Waals surface area contributed by atoms with Crippen LogP contribution in [0.25, 0.3) is 10.9 Å². The molecule has 0 spiro atoms. The molecule has 1 aliphatic heterocycles. The topological polar surface area (TPSA) is 54.3 Å². The van der Waals surface area contributed by atoms with Crippen molar-refractivity contribution >= 4 is 22.7 Å². The number of para-hydroxylation sites is 1. The van der Waals surface area contributed by atoms with E-state index >= 15 is 0 Å². The normalized spacial score (nSPS) is 17.5. The van der Waals surface area contributed by atoms with Crippen LogP contribution in [0.2, 0.25) is 0 Å². The van der Waals surface area contributed by atoms with Crippen LogP contribution in [-0.4, -0.2) is 33.9 Å². The van der Waals surface area contributed by atoms with Crippen molar-refractivity contribution < 1.29 is 9.59 Å². The van der Waals surface area contributed by atoms with Crippen molar-refractivity contribution in [3.63, 3.8) is 0 Å². The Morgan fingerprint density at radius 1 is 1.09 bits per heavy atom. The average molecular weight is 432 g/mol. The number of benzene rings is 2. The lowest BCUT2D eigenvalue weighted by Gasteiger charge is -2.36. The molecule has 0 aliphatic carbocycles. The molecule has 5 nitrogen and oxygen atoms in total. The van der Waals surface area contributed by atoms with Crippen LogP contribution in [0.4, 0.5) is 0 Å². The zero-order chi connectivity index (χ0) is 23.0. The molecule has 1 N–H and O–H groups in total. The quantitative estimate of drug-likeness (QED) is 0.574. The van der Waals surface area contributed by atoms with Crippen LogP contribution in [0.5, 0.6) is 0 Å². The summed E-state index contributed by atoms with van der Waals surface area (Å²) in [6.07, 6.45) is 1.67. The van der Waals surface area contributed by atoms with Crippen molar-refractivity contribution in [1.82, 2.24) is 14.8 Å². The van der Waals surface area contributed by atoms with Crippen molar-refractivity contribution in [3.8, 4) is 0 Å². The van der Waals surface area contributed by atoms with Crippen LogP contribution < -0.4 is 5.32 Å². The van der Waals surface area contributed by atoms with Crippen molar-refractivity contribution in [2.75, 3.05) is 6.54 Å². The summed E-state index contributed by atoms with van der Waals surface area (Å²) in [6.45, 7) is 8.90. The van der Waals surface area contributed by atoms with Gasteiger partial charge in [-0.25, -0.2) is 0 Å². The molecule has 1 aromatic heterocycles. The van der Waals surface area contributed by atoms with Crippen molar-refractivity contribution in [2.24, 2.45) is 13.0 Å². The summed E-state index contributed by atoms with van der Waals surface area (Å²) in [4.78, 5) is 29.1. The summed E-state index contributed by atoms with van der Waals surface area (Å²) in [5.41, 5.74) is 5.03. The fourth-order valence-electron chi connectivity index (χ4n) is 5.05.